The molecule has 1 aromatic heterocycles. The number of para-hydroxylation sites is 1. The molecule has 0 spiro atoms. The van der Waals surface area contributed by atoms with Crippen LogP contribution in [0.4, 0.5) is 4.39 Å². The molecule has 29 heavy (non-hydrogen) atoms. The lowest BCUT2D eigenvalue weighted by Crippen LogP contribution is -2.22. The first-order chi connectivity index (χ1) is 14.0. The minimum Gasteiger partial charge on any atom is -0.293 e. The van der Waals surface area contributed by atoms with E-state index < -0.39 is 5.82 Å². The van der Waals surface area contributed by atoms with Crippen molar-refractivity contribution in [2.45, 2.75) is 12.1 Å². The zero-order valence-electron chi connectivity index (χ0n) is 15.6. The third kappa shape index (κ3) is 3.98. The summed E-state index contributed by atoms with van der Waals surface area (Å²) < 4.78 is 15.1. The monoisotopic (exact) mass is 404 g/mol. The molecule has 0 saturated heterocycles. The predicted molar refractivity (Wildman–Crippen MR) is 114 cm³/mol. The average Bonchev–Trinajstić information content (AvgIpc) is 2.74. The fourth-order valence-corrected chi connectivity index (χ4v) is 3.90. The van der Waals surface area contributed by atoms with Crippen LogP contribution < -0.4 is 5.56 Å². The van der Waals surface area contributed by atoms with Gasteiger partial charge in [0.25, 0.3) is 5.56 Å². The Hall–Kier alpha value is -3.25. The number of carbonyl (C=O) groups is 1. The smallest absolute Gasteiger partial charge is 0.266 e. The summed E-state index contributed by atoms with van der Waals surface area (Å²) in [6, 6.07) is 20.3. The lowest BCUT2D eigenvalue weighted by Gasteiger charge is -2.13. The Morgan fingerprint density at radius 3 is 2.48 bits per heavy atom. The zero-order chi connectivity index (χ0) is 20.4. The SMILES string of the molecule is Cc1ccc(C(=O)CSc2nc3ccc(F)cc3c(=O)n2-c2ccccc2)cc1. The Kier molecular flexibility index (Phi) is 5.27. The van der Waals surface area contributed by atoms with Gasteiger partial charge < -0.3 is 0 Å². The van der Waals surface area contributed by atoms with E-state index in [2.05, 4.69) is 4.98 Å². The molecule has 1 heterocycles. The molecule has 0 fully saturated rings. The molecule has 0 radical (unpaired) electrons. The highest BCUT2D eigenvalue weighted by Gasteiger charge is 2.16. The predicted octanol–water partition coefficient (Wildman–Crippen LogP) is 4.81. The summed E-state index contributed by atoms with van der Waals surface area (Å²) in [7, 11) is 0. The number of aromatic nitrogens is 2. The van der Waals surface area contributed by atoms with Gasteiger partial charge in [-0.15, -0.1) is 0 Å². The highest BCUT2D eigenvalue weighted by molar-refractivity contribution is 7.99. The van der Waals surface area contributed by atoms with Gasteiger partial charge >= 0.3 is 0 Å². The Bertz CT molecular complexity index is 1250. The zero-order valence-corrected chi connectivity index (χ0v) is 16.4. The quantitative estimate of drug-likeness (QED) is 0.272. The number of halogens is 1. The summed E-state index contributed by atoms with van der Waals surface area (Å²) in [5, 5.41) is 0.587. The molecule has 0 bridgehead atoms. The maximum absolute atomic E-state index is 13.7. The van der Waals surface area contributed by atoms with Gasteiger partial charge in [-0.1, -0.05) is 59.8 Å². The molecule has 0 saturated carbocycles. The van der Waals surface area contributed by atoms with Crippen LogP contribution in [-0.2, 0) is 0 Å². The number of thioether (sulfide) groups is 1. The second-order valence-corrected chi connectivity index (χ2v) is 7.55. The molecule has 0 aliphatic rings. The summed E-state index contributed by atoms with van der Waals surface area (Å²) >= 11 is 1.19. The van der Waals surface area contributed by atoms with Gasteiger partial charge in [0.15, 0.2) is 10.9 Å². The molecule has 4 nitrogen and oxygen atoms in total. The van der Waals surface area contributed by atoms with Crippen molar-refractivity contribution in [1.29, 1.82) is 0 Å². The van der Waals surface area contributed by atoms with E-state index in [1.165, 1.54) is 34.5 Å². The maximum Gasteiger partial charge on any atom is 0.266 e. The van der Waals surface area contributed by atoms with Gasteiger partial charge in [-0.25, -0.2) is 9.37 Å². The Labute approximate surface area is 171 Å². The fourth-order valence-electron chi connectivity index (χ4n) is 2.99. The van der Waals surface area contributed by atoms with E-state index in [1.54, 1.807) is 24.3 Å². The molecule has 144 valence electrons. The van der Waals surface area contributed by atoms with Crippen molar-refractivity contribution in [3.63, 3.8) is 0 Å². The van der Waals surface area contributed by atoms with Gasteiger partial charge in [-0.2, -0.15) is 0 Å². The molecule has 0 amide bonds. The van der Waals surface area contributed by atoms with Crippen LogP contribution in [0.5, 0.6) is 0 Å². The third-order valence-corrected chi connectivity index (χ3v) is 5.46. The average molecular weight is 404 g/mol. The van der Waals surface area contributed by atoms with Crippen molar-refractivity contribution in [2.75, 3.05) is 5.75 Å². The molecule has 0 atom stereocenters. The first-order valence-corrected chi connectivity index (χ1v) is 10.0. The second kappa shape index (κ2) is 8.01. The number of rotatable bonds is 5. The second-order valence-electron chi connectivity index (χ2n) is 6.61. The van der Waals surface area contributed by atoms with Crippen LogP contribution in [0.3, 0.4) is 0 Å². The largest absolute Gasteiger partial charge is 0.293 e. The lowest BCUT2D eigenvalue weighted by atomic mass is 10.1. The van der Waals surface area contributed by atoms with Crippen LogP contribution in [0.25, 0.3) is 16.6 Å². The van der Waals surface area contributed by atoms with Gasteiger partial charge in [0.1, 0.15) is 5.82 Å². The number of aryl methyl sites for hydroxylation is 1. The molecular formula is C23H17FN2O2S. The number of carbonyl (C=O) groups excluding carboxylic acids is 1. The Morgan fingerprint density at radius 2 is 1.76 bits per heavy atom. The maximum atomic E-state index is 13.7. The van der Waals surface area contributed by atoms with E-state index >= 15 is 0 Å². The van der Waals surface area contributed by atoms with Crippen molar-refractivity contribution in [3.8, 4) is 5.69 Å². The van der Waals surface area contributed by atoms with Crippen molar-refractivity contribution in [3.05, 3.63) is 100 Å². The third-order valence-electron chi connectivity index (χ3n) is 4.52. The van der Waals surface area contributed by atoms with E-state index in [0.717, 1.165) is 5.56 Å². The number of benzene rings is 3. The van der Waals surface area contributed by atoms with Crippen molar-refractivity contribution < 1.29 is 9.18 Å². The van der Waals surface area contributed by atoms with Crippen molar-refractivity contribution in [2.24, 2.45) is 0 Å². The number of hydrogen-bond donors (Lipinski definition) is 0. The van der Waals surface area contributed by atoms with Crippen LogP contribution in [-0.4, -0.2) is 21.1 Å². The van der Waals surface area contributed by atoms with Crippen LogP contribution in [0, 0.1) is 12.7 Å². The molecule has 6 heteroatoms. The van der Waals surface area contributed by atoms with E-state index in [1.807, 2.05) is 37.3 Å². The summed E-state index contributed by atoms with van der Waals surface area (Å²) in [6.45, 7) is 1.96. The van der Waals surface area contributed by atoms with Crippen LogP contribution in [0.2, 0.25) is 0 Å². The van der Waals surface area contributed by atoms with Gasteiger partial charge in [-0.05, 0) is 37.3 Å². The van der Waals surface area contributed by atoms with Crippen LogP contribution >= 0.6 is 11.8 Å². The molecular weight excluding hydrogens is 387 g/mol. The van der Waals surface area contributed by atoms with Gasteiger partial charge in [0, 0.05) is 5.56 Å². The molecule has 3 aromatic carbocycles. The number of fused-ring (bicyclic) bond motifs is 1. The number of ketones is 1. The first kappa shape index (κ1) is 19.1. The highest BCUT2D eigenvalue weighted by Crippen LogP contribution is 2.22. The van der Waals surface area contributed by atoms with Gasteiger partial charge in [0.2, 0.25) is 0 Å². The summed E-state index contributed by atoms with van der Waals surface area (Å²) in [4.78, 5) is 30.2. The molecule has 0 unspecified atom stereocenters. The van der Waals surface area contributed by atoms with Gasteiger partial charge in [0.05, 0.1) is 22.3 Å². The summed E-state index contributed by atoms with van der Waals surface area (Å²) in [5.41, 5.74) is 2.33. The summed E-state index contributed by atoms with van der Waals surface area (Å²) in [5.74, 6) is -0.413. The minimum absolute atomic E-state index is 0.0527. The fraction of sp³-hybridized carbons (Fsp3) is 0.0870. The highest BCUT2D eigenvalue weighted by atomic mass is 32.2. The van der Waals surface area contributed by atoms with Gasteiger partial charge in [-0.3, -0.25) is 14.2 Å². The van der Waals surface area contributed by atoms with Crippen molar-refractivity contribution >= 4 is 28.4 Å². The van der Waals surface area contributed by atoms with E-state index in [4.69, 9.17) is 0 Å². The molecule has 0 aliphatic heterocycles. The lowest BCUT2D eigenvalue weighted by molar-refractivity contribution is 0.102. The van der Waals surface area contributed by atoms with Crippen LogP contribution in [0.1, 0.15) is 15.9 Å². The van der Waals surface area contributed by atoms with Crippen molar-refractivity contribution in [1.82, 2.24) is 9.55 Å². The summed E-state index contributed by atoms with van der Waals surface area (Å²) in [6.07, 6.45) is 0. The standard InChI is InChI=1S/C23H17FN2O2S/c1-15-7-9-16(10-8-15)21(27)14-29-23-25-20-12-11-17(24)13-19(20)22(28)26(23)18-5-3-2-4-6-18/h2-13H,14H2,1H3. The number of Topliss-reactive ketones (excluding diaryl/α,β-unsaturated/α-hetero) is 1. The number of nitrogens with zero attached hydrogens (tertiary/aromatic N) is 2. The molecule has 0 N–H and O–H groups in total. The molecule has 4 aromatic rings. The van der Waals surface area contributed by atoms with E-state index in [0.29, 0.717) is 21.9 Å². The van der Waals surface area contributed by atoms with E-state index in [9.17, 15) is 14.0 Å². The Balaban J connectivity index is 1.76. The minimum atomic E-state index is -0.494. The number of hydrogen-bond acceptors (Lipinski definition) is 4. The first-order valence-electron chi connectivity index (χ1n) is 9.03. The molecule has 0 aliphatic carbocycles. The normalized spacial score (nSPS) is 11.0. The Morgan fingerprint density at radius 1 is 1.03 bits per heavy atom. The topological polar surface area (TPSA) is 52.0 Å². The van der Waals surface area contributed by atoms with E-state index in [-0.39, 0.29) is 22.5 Å². The molecule has 4 rings (SSSR count). The van der Waals surface area contributed by atoms with Crippen LogP contribution in [0.15, 0.2) is 82.7 Å².